The number of hydrogen-bond donors (Lipinski definition) is 2. The summed E-state index contributed by atoms with van der Waals surface area (Å²) in [6.07, 6.45) is 2.51. The molecule has 1 aromatic heterocycles. The van der Waals surface area contributed by atoms with Crippen LogP contribution in [0.5, 0.6) is 0 Å². The van der Waals surface area contributed by atoms with E-state index in [4.69, 9.17) is 9.15 Å². The lowest BCUT2D eigenvalue weighted by molar-refractivity contribution is -0.123. The topological polar surface area (TPSA) is 97.6 Å². The number of benzene rings is 1. The van der Waals surface area contributed by atoms with Gasteiger partial charge in [0.05, 0.1) is 11.8 Å². The van der Waals surface area contributed by atoms with E-state index in [1.807, 2.05) is 30.3 Å². The zero-order valence-electron chi connectivity index (χ0n) is 11.6. The molecule has 0 atom stereocenters. The van der Waals surface area contributed by atoms with Crippen LogP contribution in [0.3, 0.4) is 0 Å². The lowest BCUT2D eigenvalue weighted by Crippen LogP contribution is -2.41. The van der Waals surface area contributed by atoms with Crippen LogP contribution in [-0.2, 0) is 16.1 Å². The molecule has 0 aliphatic rings. The largest absolute Gasteiger partial charge is 0.472 e. The first-order valence-corrected chi connectivity index (χ1v) is 6.46. The van der Waals surface area contributed by atoms with Gasteiger partial charge < -0.3 is 14.5 Å². The van der Waals surface area contributed by atoms with E-state index < -0.39 is 24.5 Å². The fraction of sp³-hybridized carbons (Fsp3) is 0.133. The lowest BCUT2D eigenvalue weighted by Gasteiger charge is -2.07. The van der Waals surface area contributed by atoms with E-state index in [-0.39, 0.29) is 12.1 Å². The number of ether oxygens (including phenoxy) is 1. The molecule has 0 bridgehead atoms. The number of imide groups is 1. The molecule has 22 heavy (non-hydrogen) atoms. The van der Waals surface area contributed by atoms with Gasteiger partial charge in [-0.2, -0.15) is 0 Å². The van der Waals surface area contributed by atoms with Crippen LogP contribution in [0.15, 0.2) is 53.3 Å². The van der Waals surface area contributed by atoms with Crippen molar-refractivity contribution in [2.75, 3.05) is 6.61 Å². The number of carbonyl (C=O) groups excluding carboxylic acids is 3. The van der Waals surface area contributed by atoms with Crippen LogP contribution < -0.4 is 10.6 Å². The summed E-state index contributed by atoms with van der Waals surface area (Å²) in [6, 6.07) is 9.98. The Hall–Kier alpha value is -3.09. The van der Waals surface area contributed by atoms with Crippen molar-refractivity contribution < 1.29 is 23.5 Å². The minimum Gasteiger partial charge on any atom is -0.472 e. The maximum Gasteiger partial charge on any atom is 0.341 e. The summed E-state index contributed by atoms with van der Waals surface area (Å²) in [5.74, 6) is -1.42. The van der Waals surface area contributed by atoms with Crippen molar-refractivity contribution in [1.82, 2.24) is 10.6 Å². The van der Waals surface area contributed by atoms with Crippen molar-refractivity contribution in [2.24, 2.45) is 0 Å². The van der Waals surface area contributed by atoms with Crippen molar-refractivity contribution >= 4 is 17.9 Å². The summed E-state index contributed by atoms with van der Waals surface area (Å²) in [5, 5.41) is 4.58. The quantitative estimate of drug-likeness (QED) is 0.815. The third kappa shape index (κ3) is 4.78. The van der Waals surface area contributed by atoms with Crippen LogP contribution >= 0.6 is 0 Å². The first-order chi connectivity index (χ1) is 10.6. The monoisotopic (exact) mass is 302 g/mol. The number of esters is 1. The Balaban J connectivity index is 1.68. The molecule has 3 amide bonds. The molecule has 0 saturated heterocycles. The molecule has 0 aliphatic carbocycles. The number of carbonyl (C=O) groups is 3. The highest BCUT2D eigenvalue weighted by molar-refractivity contribution is 5.96. The lowest BCUT2D eigenvalue weighted by atomic mass is 10.2. The van der Waals surface area contributed by atoms with Crippen molar-refractivity contribution in [3.8, 4) is 0 Å². The van der Waals surface area contributed by atoms with Crippen LogP contribution in [0.2, 0.25) is 0 Å². The fourth-order valence-corrected chi connectivity index (χ4v) is 1.58. The third-order valence-electron chi connectivity index (χ3n) is 2.64. The number of amides is 3. The van der Waals surface area contributed by atoms with E-state index in [0.717, 1.165) is 5.56 Å². The van der Waals surface area contributed by atoms with Crippen molar-refractivity contribution in [1.29, 1.82) is 0 Å². The van der Waals surface area contributed by atoms with Gasteiger partial charge in [0.1, 0.15) is 6.26 Å². The van der Waals surface area contributed by atoms with E-state index in [1.54, 1.807) is 0 Å². The second-order valence-corrected chi connectivity index (χ2v) is 4.30. The third-order valence-corrected chi connectivity index (χ3v) is 2.64. The Morgan fingerprint density at radius 2 is 1.86 bits per heavy atom. The SMILES string of the molecule is O=C(COC(=O)c1ccoc1)NC(=O)NCc1ccccc1. The molecule has 0 fully saturated rings. The van der Waals surface area contributed by atoms with Gasteiger partial charge in [-0.1, -0.05) is 30.3 Å². The minimum absolute atomic E-state index is 0.196. The molecule has 0 radical (unpaired) electrons. The van der Waals surface area contributed by atoms with E-state index >= 15 is 0 Å². The van der Waals surface area contributed by atoms with Crippen LogP contribution in [0, 0.1) is 0 Å². The number of urea groups is 1. The van der Waals surface area contributed by atoms with Gasteiger partial charge in [-0.3, -0.25) is 10.1 Å². The van der Waals surface area contributed by atoms with Gasteiger partial charge in [0.15, 0.2) is 6.61 Å². The van der Waals surface area contributed by atoms with E-state index in [1.165, 1.54) is 18.6 Å². The predicted molar refractivity (Wildman–Crippen MR) is 75.8 cm³/mol. The first-order valence-electron chi connectivity index (χ1n) is 6.46. The summed E-state index contributed by atoms with van der Waals surface area (Å²) in [5.41, 5.74) is 1.10. The maximum atomic E-state index is 11.5. The second-order valence-electron chi connectivity index (χ2n) is 4.30. The smallest absolute Gasteiger partial charge is 0.341 e. The van der Waals surface area contributed by atoms with Crippen LogP contribution in [0.1, 0.15) is 15.9 Å². The summed E-state index contributed by atoms with van der Waals surface area (Å²) >= 11 is 0. The highest BCUT2D eigenvalue weighted by Crippen LogP contribution is 2.01. The molecular formula is C15H14N2O5. The van der Waals surface area contributed by atoms with Crippen LogP contribution in [0.25, 0.3) is 0 Å². The Bertz CT molecular complexity index is 637. The standard InChI is InChI=1S/C15H14N2O5/c18-13(10-22-14(19)12-6-7-21-9-12)17-15(20)16-8-11-4-2-1-3-5-11/h1-7,9H,8,10H2,(H2,16,17,18,20). The molecule has 0 aliphatic heterocycles. The van der Waals surface area contributed by atoms with Gasteiger partial charge in [0.2, 0.25) is 0 Å². The molecule has 2 rings (SSSR count). The number of rotatable bonds is 5. The highest BCUT2D eigenvalue weighted by Gasteiger charge is 2.13. The first kappa shape index (κ1) is 15.3. The number of furan rings is 1. The molecule has 0 saturated carbocycles. The van der Waals surface area contributed by atoms with Crippen LogP contribution in [0.4, 0.5) is 4.79 Å². The normalized spacial score (nSPS) is 9.82. The van der Waals surface area contributed by atoms with Crippen LogP contribution in [-0.4, -0.2) is 24.5 Å². The van der Waals surface area contributed by atoms with Crippen molar-refractivity contribution in [3.05, 3.63) is 60.1 Å². The van der Waals surface area contributed by atoms with Gasteiger partial charge >= 0.3 is 12.0 Å². The van der Waals surface area contributed by atoms with E-state index in [2.05, 4.69) is 10.6 Å². The van der Waals surface area contributed by atoms with Gasteiger partial charge in [-0.05, 0) is 11.6 Å². The molecule has 2 N–H and O–H groups in total. The molecule has 1 heterocycles. The zero-order chi connectivity index (χ0) is 15.8. The fourth-order valence-electron chi connectivity index (χ4n) is 1.58. The Labute approximate surface area is 126 Å². The van der Waals surface area contributed by atoms with E-state index in [9.17, 15) is 14.4 Å². The molecule has 1 aromatic carbocycles. The number of hydrogen-bond acceptors (Lipinski definition) is 5. The van der Waals surface area contributed by atoms with Gasteiger partial charge in [-0.25, -0.2) is 9.59 Å². The molecule has 2 aromatic rings. The average Bonchev–Trinajstić information content (AvgIpc) is 3.06. The van der Waals surface area contributed by atoms with E-state index in [0.29, 0.717) is 0 Å². The molecule has 7 heteroatoms. The van der Waals surface area contributed by atoms with Gasteiger partial charge in [0, 0.05) is 6.54 Å². The van der Waals surface area contributed by atoms with Gasteiger partial charge in [0.25, 0.3) is 5.91 Å². The molecule has 0 unspecified atom stereocenters. The Kier molecular flexibility index (Phi) is 5.31. The summed E-state index contributed by atoms with van der Waals surface area (Å²) in [4.78, 5) is 34.4. The molecule has 0 spiro atoms. The summed E-state index contributed by atoms with van der Waals surface area (Å²) in [6.45, 7) is -0.266. The molecule has 7 nitrogen and oxygen atoms in total. The second kappa shape index (κ2) is 7.63. The van der Waals surface area contributed by atoms with Gasteiger partial charge in [-0.15, -0.1) is 0 Å². The maximum absolute atomic E-state index is 11.5. The average molecular weight is 302 g/mol. The minimum atomic E-state index is -0.720. The summed E-state index contributed by atoms with van der Waals surface area (Å²) in [7, 11) is 0. The summed E-state index contributed by atoms with van der Waals surface area (Å²) < 4.78 is 9.44. The molecular weight excluding hydrogens is 288 g/mol. The highest BCUT2D eigenvalue weighted by atomic mass is 16.5. The van der Waals surface area contributed by atoms with Crippen molar-refractivity contribution in [2.45, 2.75) is 6.54 Å². The predicted octanol–water partition coefficient (Wildman–Crippen LogP) is 1.46. The Morgan fingerprint density at radius 1 is 1.09 bits per heavy atom. The number of nitrogens with one attached hydrogen (secondary N) is 2. The van der Waals surface area contributed by atoms with Crippen molar-refractivity contribution in [3.63, 3.8) is 0 Å². The molecule has 114 valence electrons. The Morgan fingerprint density at radius 3 is 2.55 bits per heavy atom. The zero-order valence-corrected chi connectivity index (χ0v) is 11.6.